The maximum Gasteiger partial charge on any atom is 0.269 e. The number of nitro groups is 1. The van der Waals surface area contributed by atoms with E-state index >= 15 is 0 Å². The van der Waals surface area contributed by atoms with Crippen molar-refractivity contribution in [3.8, 4) is 5.75 Å². The summed E-state index contributed by atoms with van der Waals surface area (Å²) in [6, 6.07) is 13.0. The topological polar surface area (TPSA) is 72.7 Å². The minimum absolute atomic E-state index is 0.0254. The third kappa shape index (κ3) is 4.70. The van der Waals surface area contributed by atoms with Gasteiger partial charge in [-0.1, -0.05) is 29.8 Å². The van der Waals surface area contributed by atoms with E-state index in [2.05, 4.69) is 0 Å². The highest BCUT2D eigenvalue weighted by Gasteiger charge is 2.14. The largest absolute Gasteiger partial charge is 0.484 e. The van der Waals surface area contributed by atoms with Gasteiger partial charge in [0.25, 0.3) is 11.6 Å². The van der Waals surface area contributed by atoms with Gasteiger partial charge in [-0.3, -0.25) is 14.9 Å². The van der Waals surface area contributed by atoms with Crippen molar-refractivity contribution in [2.75, 3.05) is 13.2 Å². The zero-order valence-electron chi connectivity index (χ0n) is 13.1. The zero-order valence-corrected chi connectivity index (χ0v) is 13.9. The maximum absolute atomic E-state index is 12.3. The number of rotatable bonds is 7. The van der Waals surface area contributed by atoms with Gasteiger partial charge in [0.1, 0.15) is 5.75 Å². The molecule has 0 N–H and O–H groups in total. The molecule has 0 aliphatic carbocycles. The van der Waals surface area contributed by atoms with Crippen LogP contribution in [0.4, 0.5) is 5.69 Å². The van der Waals surface area contributed by atoms with E-state index in [4.69, 9.17) is 16.3 Å². The first-order chi connectivity index (χ1) is 11.5. The van der Waals surface area contributed by atoms with Gasteiger partial charge >= 0.3 is 0 Å². The first kappa shape index (κ1) is 17.7. The number of carbonyl (C=O) groups is 1. The molecule has 7 heteroatoms. The highest BCUT2D eigenvalue weighted by Crippen LogP contribution is 2.19. The van der Waals surface area contributed by atoms with Crippen LogP contribution in [0.25, 0.3) is 0 Å². The second-order valence-electron chi connectivity index (χ2n) is 5.04. The summed E-state index contributed by atoms with van der Waals surface area (Å²) in [7, 11) is 0. The van der Waals surface area contributed by atoms with E-state index in [1.165, 1.54) is 24.3 Å². The average Bonchev–Trinajstić information content (AvgIpc) is 2.59. The van der Waals surface area contributed by atoms with Crippen LogP contribution in [0.5, 0.6) is 5.75 Å². The lowest BCUT2D eigenvalue weighted by molar-refractivity contribution is -0.384. The highest BCUT2D eigenvalue weighted by atomic mass is 35.5. The summed E-state index contributed by atoms with van der Waals surface area (Å²) in [5.41, 5.74) is 0.840. The predicted octanol–water partition coefficient (Wildman–Crippen LogP) is 3.68. The van der Waals surface area contributed by atoms with Crippen LogP contribution in [0.1, 0.15) is 12.5 Å². The van der Waals surface area contributed by atoms with Gasteiger partial charge in [-0.2, -0.15) is 0 Å². The molecule has 0 heterocycles. The van der Waals surface area contributed by atoms with E-state index < -0.39 is 4.92 Å². The second-order valence-corrected chi connectivity index (χ2v) is 5.45. The Kier molecular flexibility index (Phi) is 6.14. The Balaban J connectivity index is 1.94. The van der Waals surface area contributed by atoms with Gasteiger partial charge < -0.3 is 9.64 Å². The molecule has 24 heavy (non-hydrogen) atoms. The summed E-state index contributed by atoms with van der Waals surface area (Å²) >= 11 is 6.12. The van der Waals surface area contributed by atoms with Crippen molar-refractivity contribution in [1.29, 1.82) is 0 Å². The number of hydrogen-bond acceptors (Lipinski definition) is 4. The molecule has 0 saturated carbocycles. The van der Waals surface area contributed by atoms with Crippen LogP contribution in [-0.2, 0) is 11.3 Å². The minimum atomic E-state index is -0.489. The molecular weight excluding hydrogens is 332 g/mol. The molecule has 0 atom stereocenters. The molecule has 0 aromatic heterocycles. The monoisotopic (exact) mass is 348 g/mol. The van der Waals surface area contributed by atoms with Crippen LogP contribution in [0.15, 0.2) is 48.5 Å². The van der Waals surface area contributed by atoms with Crippen LogP contribution in [0.3, 0.4) is 0 Å². The Morgan fingerprint density at radius 2 is 1.88 bits per heavy atom. The fourth-order valence-electron chi connectivity index (χ4n) is 2.11. The van der Waals surface area contributed by atoms with Gasteiger partial charge in [0, 0.05) is 30.2 Å². The van der Waals surface area contributed by atoms with Gasteiger partial charge in [-0.15, -0.1) is 0 Å². The molecule has 0 radical (unpaired) electrons. The lowest BCUT2D eigenvalue weighted by atomic mass is 10.2. The number of hydrogen-bond donors (Lipinski definition) is 0. The van der Waals surface area contributed by atoms with Crippen LogP contribution < -0.4 is 4.74 Å². The van der Waals surface area contributed by atoms with E-state index in [1.807, 2.05) is 25.1 Å². The average molecular weight is 349 g/mol. The first-order valence-electron chi connectivity index (χ1n) is 7.39. The minimum Gasteiger partial charge on any atom is -0.484 e. The Labute approximate surface area is 144 Å². The standard InChI is InChI=1S/C17H17ClN2O4/c1-2-19(11-13-5-3-4-6-16(13)18)17(21)12-24-15-9-7-14(8-10-15)20(22)23/h3-10H,2,11-12H2,1H3. The molecule has 2 aromatic rings. The quantitative estimate of drug-likeness (QED) is 0.565. The number of ether oxygens (including phenoxy) is 1. The number of benzene rings is 2. The summed E-state index contributed by atoms with van der Waals surface area (Å²) in [4.78, 5) is 24.0. The van der Waals surface area contributed by atoms with Gasteiger partial charge in [-0.05, 0) is 30.7 Å². The smallest absolute Gasteiger partial charge is 0.269 e. The van der Waals surface area contributed by atoms with E-state index in [9.17, 15) is 14.9 Å². The molecule has 0 aliphatic rings. The summed E-state index contributed by atoms with van der Waals surface area (Å²) in [6.45, 7) is 2.66. The van der Waals surface area contributed by atoms with Crippen molar-refractivity contribution in [1.82, 2.24) is 4.90 Å². The third-order valence-electron chi connectivity index (χ3n) is 3.46. The number of nitro benzene ring substituents is 1. The number of carbonyl (C=O) groups excluding carboxylic acids is 1. The van der Waals surface area contributed by atoms with E-state index in [-0.39, 0.29) is 18.2 Å². The molecule has 126 valence electrons. The maximum atomic E-state index is 12.3. The van der Waals surface area contributed by atoms with Crippen molar-refractivity contribution in [3.63, 3.8) is 0 Å². The Morgan fingerprint density at radius 3 is 2.46 bits per heavy atom. The predicted molar refractivity (Wildman–Crippen MR) is 91.1 cm³/mol. The molecule has 0 aliphatic heterocycles. The number of likely N-dealkylation sites (N-methyl/N-ethyl adjacent to an activating group) is 1. The van der Waals surface area contributed by atoms with Gasteiger partial charge in [-0.25, -0.2) is 0 Å². The number of non-ortho nitro benzene ring substituents is 1. The molecule has 6 nitrogen and oxygen atoms in total. The molecule has 0 spiro atoms. The lowest BCUT2D eigenvalue weighted by Crippen LogP contribution is -2.34. The molecule has 0 unspecified atom stereocenters. The first-order valence-corrected chi connectivity index (χ1v) is 7.77. The van der Waals surface area contributed by atoms with E-state index in [0.717, 1.165) is 5.56 Å². The van der Waals surface area contributed by atoms with Crippen molar-refractivity contribution in [2.24, 2.45) is 0 Å². The van der Waals surface area contributed by atoms with E-state index in [1.54, 1.807) is 11.0 Å². The molecule has 0 bridgehead atoms. The van der Waals surface area contributed by atoms with Crippen molar-refractivity contribution >= 4 is 23.2 Å². The zero-order chi connectivity index (χ0) is 17.5. The number of nitrogens with zero attached hydrogens (tertiary/aromatic N) is 2. The fraction of sp³-hybridized carbons (Fsp3) is 0.235. The van der Waals surface area contributed by atoms with E-state index in [0.29, 0.717) is 23.9 Å². The van der Waals surface area contributed by atoms with Crippen LogP contribution in [0, 0.1) is 10.1 Å². The normalized spacial score (nSPS) is 10.2. The van der Waals surface area contributed by atoms with Crippen LogP contribution in [0.2, 0.25) is 5.02 Å². The molecule has 2 rings (SSSR count). The lowest BCUT2D eigenvalue weighted by Gasteiger charge is -2.21. The Morgan fingerprint density at radius 1 is 1.21 bits per heavy atom. The second kappa shape index (κ2) is 8.31. The Hall–Kier alpha value is -2.60. The summed E-state index contributed by atoms with van der Waals surface area (Å²) in [5.74, 6) is 0.221. The molecule has 0 saturated heterocycles. The summed E-state index contributed by atoms with van der Waals surface area (Å²) < 4.78 is 5.41. The van der Waals surface area contributed by atoms with Gasteiger partial charge in [0.05, 0.1) is 4.92 Å². The molecule has 1 amide bonds. The third-order valence-corrected chi connectivity index (χ3v) is 3.83. The van der Waals surface area contributed by atoms with Gasteiger partial charge in [0.2, 0.25) is 0 Å². The van der Waals surface area contributed by atoms with Crippen molar-refractivity contribution < 1.29 is 14.5 Å². The molecular formula is C17H17ClN2O4. The molecule has 0 fully saturated rings. The van der Waals surface area contributed by atoms with Crippen molar-refractivity contribution in [2.45, 2.75) is 13.5 Å². The number of amides is 1. The van der Waals surface area contributed by atoms with Gasteiger partial charge in [0.15, 0.2) is 6.61 Å². The van der Waals surface area contributed by atoms with Crippen LogP contribution >= 0.6 is 11.6 Å². The number of halogens is 1. The summed E-state index contributed by atoms with van der Waals surface area (Å²) in [5, 5.41) is 11.2. The SMILES string of the molecule is CCN(Cc1ccccc1Cl)C(=O)COc1ccc([N+](=O)[O-])cc1. The van der Waals surface area contributed by atoms with Crippen LogP contribution in [-0.4, -0.2) is 28.9 Å². The fourth-order valence-corrected chi connectivity index (χ4v) is 2.30. The highest BCUT2D eigenvalue weighted by molar-refractivity contribution is 6.31. The van der Waals surface area contributed by atoms with Crippen molar-refractivity contribution in [3.05, 3.63) is 69.2 Å². The summed E-state index contributed by atoms with van der Waals surface area (Å²) in [6.07, 6.45) is 0. The molecule has 2 aromatic carbocycles. The Bertz CT molecular complexity index is 719.